The predicted molar refractivity (Wildman–Crippen MR) is 89.0 cm³/mol. The molecule has 3 rings (SSSR count). The maximum absolute atomic E-state index is 13.0. The summed E-state index contributed by atoms with van der Waals surface area (Å²) in [4.78, 5) is 0.452. The quantitative estimate of drug-likeness (QED) is 0.546. The van der Waals surface area contributed by atoms with Crippen LogP contribution in [0.4, 0.5) is 4.39 Å². The van der Waals surface area contributed by atoms with Crippen molar-refractivity contribution in [3.05, 3.63) is 69.1 Å². The van der Waals surface area contributed by atoms with Crippen molar-refractivity contribution in [3.8, 4) is 0 Å². The molecule has 1 aliphatic carbocycles. The first-order valence-electron chi connectivity index (χ1n) is 6.48. The third-order valence-corrected chi connectivity index (χ3v) is 6.02. The molecule has 0 atom stereocenters. The van der Waals surface area contributed by atoms with Gasteiger partial charge in [-0.25, -0.2) is 12.8 Å². The molecule has 2 aromatic rings. The Labute approximate surface area is 136 Å². The van der Waals surface area contributed by atoms with Gasteiger partial charge in [0.15, 0.2) is 0 Å². The van der Waals surface area contributed by atoms with Crippen LogP contribution in [0.25, 0.3) is 4.91 Å². The molecule has 0 saturated carbocycles. The van der Waals surface area contributed by atoms with Crippen molar-refractivity contribution in [1.82, 2.24) is 0 Å². The van der Waals surface area contributed by atoms with Gasteiger partial charge in [0.1, 0.15) is 5.82 Å². The average molecular weight is 414 g/mol. The Morgan fingerprint density at radius 1 is 1.05 bits per heavy atom. The molecule has 0 radical (unpaired) electrons. The summed E-state index contributed by atoms with van der Waals surface area (Å²) in [6, 6.07) is 10.7. The molecule has 0 fully saturated rings. The fraction of sp³-hybridized carbons (Fsp3) is 0.125. The van der Waals surface area contributed by atoms with Crippen LogP contribution in [-0.2, 0) is 16.3 Å². The Morgan fingerprint density at radius 2 is 1.76 bits per heavy atom. The summed E-state index contributed by atoms with van der Waals surface area (Å²) in [7, 11) is -3.61. The molecule has 2 nitrogen and oxygen atoms in total. The second-order valence-corrected chi connectivity index (χ2v) is 8.03. The molecular weight excluding hydrogens is 402 g/mol. The van der Waals surface area contributed by atoms with E-state index in [1.807, 2.05) is 18.2 Å². The van der Waals surface area contributed by atoms with Gasteiger partial charge in [-0.1, -0.05) is 12.1 Å². The number of hydrogen-bond acceptors (Lipinski definition) is 2. The van der Waals surface area contributed by atoms with Gasteiger partial charge in [0.25, 0.3) is 0 Å². The lowest BCUT2D eigenvalue weighted by Gasteiger charge is -2.18. The molecule has 0 amide bonds. The number of benzene rings is 2. The Morgan fingerprint density at radius 3 is 2.48 bits per heavy atom. The van der Waals surface area contributed by atoms with Crippen molar-refractivity contribution in [3.63, 3.8) is 0 Å². The number of halogens is 2. The number of rotatable bonds is 2. The minimum atomic E-state index is -3.61. The third-order valence-electron chi connectivity index (χ3n) is 3.49. The van der Waals surface area contributed by atoms with Crippen LogP contribution in [0.1, 0.15) is 17.5 Å². The monoisotopic (exact) mass is 414 g/mol. The topological polar surface area (TPSA) is 34.1 Å². The Balaban J connectivity index is 2.12. The Hall–Kier alpha value is -1.21. The van der Waals surface area contributed by atoms with Crippen LogP contribution in [-0.4, -0.2) is 8.42 Å². The molecular formula is C16H12FIO2S. The summed E-state index contributed by atoms with van der Waals surface area (Å²) >= 11 is 2.22. The van der Waals surface area contributed by atoms with Crippen LogP contribution in [0.15, 0.2) is 53.4 Å². The van der Waals surface area contributed by atoms with E-state index < -0.39 is 15.7 Å². The van der Waals surface area contributed by atoms with Gasteiger partial charge in [-0.3, -0.25) is 0 Å². The van der Waals surface area contributed by atoms with E-state index in [0.717, 1.165) is 21.1 Å². The van der Waals surface area contributed by atoms with Crippen molar-refractivity contribution < 1.29 is 12.8 Å². The first-order chi connectivity index (χ1) is 9.98. The standard InChI is InChI=1S/C16H12FIO2S/c17-12-4-7-14(8-5-12)21(19,20)16-3-1-2-11-10-13(18)6-9-15(11)16/h3-10H,1-2H2. The lowest BCUT2D eigenvalue weighted by atomic mass is 9.97. The van der Waals surface area contributed by atoms with Crippen LogP contribution in [0.2, 0.25) is 0 Å². The van der Waals surface area contributed by atoms with Crippen molar-refractivity contribution >= 4 is 37.3 Å². The number of sulfone groups is 1. The van der Waals surface area contributed by atoms with Gasteiger partial charge in [-0.15, -0.1) is 0 Å². The maximum Gasteiger partial charge on any atom is 0.206 e. The highest BCUT2D eigenvalue weighted by Crippen LogP contribution is 2.34. The van der Waals surface area contributed by atoms with Crippen molar-refractivity contribution in [2.45, 2.75) is 17.7 Å². The summed E-state index contributed by atoms with van der Waals surface area (Å²) in [6.45, 7) is 0. The lowest BCUT2D eigenvalue weighted by molar-refractivity contribution is 0.603. The normalized spacial score (nSPS) is 14.5. The number of hydrogen-bond donors (Lipinski definition) is 0. The molecule has 0 unspecified atom stereocenters. The second-order valence-electron chi connectivity index (χ2n) is 4.87. The molecule has 0 aromatic heterocycles. The van der Waals surface area contributed by atoms with Crippen molar-refractivity contribution in [2.75, 3.05) is 0 Å². The van der Waals surface area contributed by atoms with Crippen molar-refractivity contribution in [2.24, 2.45) is 0 Å². The van der Waals surface area contributed by atoms with E-state index in [9.17, 15) is 12.8 Å². The minimum Gasteiger partial charge on any atom is -0.219 e. The molecule has 5 heteroatoms. The molecule has 21 heavy (non-hydrogen) atoms. The van der Waals surface area contributed by atoms with Gasteiger partial charge in [-0.2, -0.15) is 0 Å². The molecule has 1 aliphatic rings. The molecule has 108 valence electrons. The summed E-state index contributed by atoms with van der Waals surface area (Å²) in [5.74, 6) is -0.443. The first kappa shape index (κ1) is 14.7. The smallest absolute Gasteiger partial charge is 0.206 e. The summed E-state index contributed by atoms with van der Waals surface area (Å²) in [5.41, 5.74) is 1.80. The van der Waals surface area contributed by atoms with Crippen LogP contribution in [0.3, 0.4) is 0 Å². The van der Waals surface area contributed by atoms with Gasteiger partial charge in [0, 0.05) is 3.57 Å². The van der Waals surface area contributed by atoms with Gasteiger partial charge < -0.3 is 0 Å². The molecule has 0 saturated heterocycles. The zero-order chi connectivity index (χ0) is 15.0. The minimum absolute atomic E-state index is 0.126. The van der Waals surface area contributed by atoms with Gasteiger partial charge in [0.05, 0.1) is 9.80 Å². The summed E-state index contributed by atoms with van der Waals surface area (Å²) < 4.78 is 39.6. The average Bonchev–Trinajstić information content (AvgIpc) is 2.46. The molecule has 2 aromatic carbocycles. The third kappa shape index (κ3) is 2.76. The highest BCUT2D eigenvalue weighted by Gasteiger charge is 2.26. The van der Waals surface area contributed by atoms with E-state index in [0.29, 0.717) is 11.3 Å². The van der Waals surface area contributed by atoms with Crippen molar-refractivity contribution in [1.29, 1.82) is 0 Å². The second kappa shape index (κ2) is 5.53. The molecule has 0 spiro atoms. The number of aryl methyl sites for hydroxylation is 1. The summed E-state index contributed by atoms with van der Waals surface area (Å²) in [5, 5.41) is 0. The number of fused-ring (bicyclic) bond motifs is 1. The van der Waals surface area contributed by atoms with E-state index in [1.54, 1.807) is 6.08 Å². The fourth-order valence-electron chi connectivity index (χ4n) is 2.47. The van der Waals surface area contributed by atoms with E-state index >= 15 is 0 Å². The zero-order valence-corrected chi connectivity index (χ0v) is 14.0. The van der Waals surface area contributed by atoms with E-state index in [2.05, 4.69) is 22.6 Å². The first-order valence-corrected chi connectivity index (χ1v) is 9.04. The highest BCUT2D eigenvalue weighted by atomic mass is 127. The Bertz CT molecular complexity index is 824. The highest BCUT2D eigenvalue weighted by molar-refractivity contribution is 14.1. The van der Waals surface area contributed by atoms with Gasteiger partial charge in [0.2, 0.25) is 9.84 Å². The number of allylic oxidation sites excluding steroid dienone is 1. The fourth-order valence-corrected chi connectivity index (χ4v) is 4.60. The van der Waals surface area contributed by atoms with E-state index in [-0.39, 0.29) is 4.90 Å². The lowest BCUT2D eigenvalue weighted by Crippen LogP contribution is -2.10. The molecule has 0 aliphatic heterocycles. The van der Waals surface area contributed by atoms with Crippen LogP contribution >= 0.6 is 22.6 Å². The van der Waals surface area contributed by atoms with Crippen LogP contribution in [0, 0.1) is 9.39 Å². The maximum atomic E-state index is 13.0. The van der Waals surface area contributed by atoms with Crippen LogP contribution < -0.4 is 0 Å². The van der Waals surface area contributed by atoms with Gasteiger partial charge in [-0.05, 0) is 83.0 Å². The largest absolute Gasteiger partial charge is 0.219 e. The molecule has 0 heterocycles. The summed E-state index contributed by atoms with van der Waals surface area (Å²) in [6.07, 6.45) is 3.30. The molecule has 0 N–H and O–H groups in total. The van der Waals surface area contributed by atoms with Crippen LogP contribution in [0.5, 0.6) is 0 Å². The predicted octanol–water partition coefficient (Wildman–Crippen LogP) is 4.19. The van der Waals surface area contributed by atoms with E-state index in [1.165, 1.54) is 24.3 Å². The molecule has 0 bridgehead atoms. The van der Waals surface area contributed by atoms with Gasteiger partial charge >= 0.3 is 0 Å². The Kier molecular flexibility index (Phi) is 3.88. The SMILES string of the molecule is O=S(=O)(C1=CCCc2cc(I)ccc21)c1ccc(F)cc1. The van der Waals surface area contributed by atoms with E-state index in [4.69, 9.17) is 0 Å². The zero-order valence-electron chi connectivity index (χ0n) is 11.0.